The normalized spacial score (nSPS) is 36.5. The van der Waals surface area contributed by atoms with E-state index in [1.165, 1.54) is 11.1 Å². The summed E-state index contributed by atoms with van der Waals surface area (Å²) in [6.07, 6.45) is 3.99. The number of urea groups is 1. The Morgan fingerprint density at radius 1 is 1.00 bits per heavy atom. The van der Waals surface area contributed by atoms with Crippen LogP contribution in [0, 0.1) is 18.8 Å². The number of nitrogens with one attached hydrogen (secondary N) is 4. The molecule has 3 aliphatic heterocycles. The van der Waals surface area contributed by atoms with E-state index in [4.69, 9.17) is 0 Å². The number of carbonyl (C=O) groups is 1. The summed E-state index contributed by atoms with van der Waals surface area (Å²) in [5.74, 6) is 1.33. The lowest BCUT2D eigenvalue weighted by Gasteiger charge is -2.48. The first-order valence-electron chi connectivity index (χ1n) is 11.9. The fraction of sp³-hybridized carbons (Fsp3) is 0.520. The summed E-state index contributed by atoms with van der Waals surface area (Å²) in [5, 5.41) is 6.91. The Labute approximate surface area is 189 Å². The Hall–Kier alpha value is -2.48. The maximum absolute atomic E-state index is 13.2. The minimum Gasteiger partial charge on any atom is -0.335 e. The molecule has 4 heterocycles. The Bertz CT molecular complexity index is 983. The van der Waals surface area contributed by atoms with Gasteiger partial charge in [-0.1, -0.05) is 30.3 Å². The van der Waals surface area contributed by atoms with E-state index in [-0.39, 0.29) is 18.1 Å². The number of nitrogens with zero attached hydrogens (tertiary/aromatic N) is 2. The van der Waals surface area contributed by atoms with Crippen molar-refractivity contribution in [2.24, 2.45) is 11.8 Å². The van der Waals surface area contributed by atoms with Crippen LogP contribution in [0.15, 0.2) is 48.7 Å². The average Bonchev–Trinajstić information content (AvgIpc) is 3.45. The molecule has 0 radical (unpaired) electrons. The van der Waals surface area contributed by atoms with Gasteiger partial charge in [0.15, 0.2) is 0 Å². The fourth-order valence-corrected chi connectivity index (χ4v) is 6.52. The summed E-state index contributed by atoms with van der Waals surface area (Å²) in [4.78, 5) is 19.7. The molecule has 0 spiro atoms. The van der Waals surface area contributed by atoms with E-state index in [2.05, 4.69) is 73.8 Å². The predicted molar refractivity (Wildman–Crippen MR) is 123 cm³/mol. The molecular weight excluding hydrogens is 400 g/mol. The van der Waals surface area contributed by atoms with Crippen molar-refractivity contribution >= 4 is 6.03 Å². The summed E-state index contributed by atoms with van der Waals surface area (Å²) in [6.45, 7) is 4.68. The monoisotopic (exact) mass is 432 g/mol. The number of hydrogen-bond acceptors (Lipinski definition) is 5. The number of carbonyl (C=O) groups excluding carboxylic acids is 1. The van der Waals surface area contributed by atoms with Gasteiger partial charge in [-0.3, -0.25) is 10.4 Å². The van der Waals surface area contributed by atoms with E-state index in [1.54, 1.807) is 0 Å². The zero-order valence-electron chi connectivity index (χ0n) is 18.5. The maximum Gasteiger partial charge on any atom is 0.317 e. The second-order valence-corrected chi connectivity index (χ2v) is 9.95. The number of pyridine rings is 1. The molecule has 1 saturated carbocycles. The van der Waals surface area contributed by atoms with Gasteiger partial charge in [0.05, 0.1) is 12.1 Å². The van der Waals surface area contributed by atoms with Crippen LogP contribution >= 0.6 is 0 Å². The summed E-state index contributed by atoms with van der Waals surface area (Å²) in [6, 6.07) is 16.2. The highest BCUT2D eigenvalue weighted by atomic mass is 16.2. The molecule has 1 aromatic heterocycles. The average molecular weight is 433 g/mol. The van der Waals surface area contributed by atoms with Gasteiger partial charge in [0.25, 0.3) is 0 Å². The van der Waals surface area contributed by atoms with Gasteiger partial charge in [-0.15, -0.1) is 0 Å². The Morgan fingerprint density at radius 2 is 1.88 bits per heavy atom. The van der Waals surface area contributed by atoms with Crippen molar-refractivity contribution < 1.29 is 4.79 Å². The standard InChI is InChI=1S/C25H32N6O/c1-15-9-17(7-8-27-15)24-19-10-18-14-31(25(32)28-21(18)11-22(19)29-30-24)23-13-26-12-20(23)16-5-3-2-4-6-16/h2-9,18-24,26,29-30H,10-14H2,1H3,(H,28,32)/t18?,19?,20-,21?,22?,23+,24?/m0/s1. The Morgan fingerprint density at radius 3 is 2.72 bits per heavy atom. The van der Waals surface area contributed by atoms with Crippen LogP contribution in [0.1, 0.15) is 41.6 Å². The third-order valence-corrected chi connectivity index (χ3v) is 8.11. The predicted octanol–water partition coefficient (Wildman–Crippen LogP) is 2.08. The maximum atomic E-state index is 13.2. The molecule has 6 rings (SSSR count). The largest absolute Gasteiger partial charge is 0.335 e. The zero-order valence-corrected chi connectivity index (χ0v) is 18.5. The minimum atomic E-state index is 0.103. The highest BCUT2D eigenvalue weighted by Gasteiger charge is 2.49. The van der Waals surface area contributed by atoms with Crippen molar-refractivity contribution in [1.29, 1.82) is 0 Å². The minimum absolute atomic E-state index is 0.103. The van der Waals surface area contributed by atoms with Crippen molar-refractivity contribution in [3.05, 3.63) is 65.5 Å². The molecule has 1 aliphatic carbocycles. The topological polar surface area (TPSA) is 81.3 Å². The molecule has 5 unspecified atom stereocenters. The number of fused-ring (bicyclic) bond motifs is 2. The third kappa shape index (κ3) is 3.49. The third-order valence-electron chi connectivity index (χ3n) is 8.11. The van der Waals surface area contributed by atoms with E-state index in [9.17, 15) is 4.79 Å². The van der Waals surface area contributed by atoms with E-state index < -0.39 is 0 Å². The molecule has 2 amide bonds. The van der Waals surface area contributed by atoms with Crippen molar-refractivity contribution in [3.63, 3.8) is 0 Å². The summed E-state index contributed by atoms with van der Waals surface area (Å²) in [5.41, 5.74) is 10.7. The number of benzene rings is 1. The number of hydrazine groups is 1. The van der Waals surface area contributed by atoms with Gasteiger partial charge in [0, 0.05) is 49.5 Å². The number of amides is 2. The van der Waals surface area contributed by atoms with Gasteiger partial charge in [0.1, 0.15) is 0 Å². The lowest BCUT2D eigenvalue weighted by Crippen LogP contribution is -2.63. The second kappa shape index (κ2) is 8.14. The SMILES string of the molecule is Cc1cc(C2NNC3CC4NC(=O)N([C@@H]5CNC[C@H]5c5ccccc5)CC4CC32)ccn1. The lowest BCUT2D eigenvalue weighted by atomic mass is 9.71. The molecule has 0 bridgehead atoms. The van der Waals surface area contributed by atoms with Gasteiger partial charge < -0.3 is 15.5 Å². The van der Waals surface area contributed by atoms with Crippen LogP contribution in [0.3, 0.4) is 0 Å². The van der Waals surface area contributed by atoms with Crippen molar-refractivity contribution in [2.45, 2.75) is 49.9 Å². The molecule has 32 heavy (non-hydrogen) atoms. The van der Waals surface area contributed by atoms with E-state index >= 15 is 0 Å². The first kappa shape index (κ1) is 20.1. The van der Waals surface area contributed by atoms with Crippen molar-refractivity contribution in [2.75, 3.05) is 19.6 Å². The van der Waals surface area contributed by atoms with Gasteiger partial charge in [0.2, 0.25) is 0 Å². The summed E-state index contributed by atoms with van der Waals surface area (Å²) in [7, 11) is 0. The molecule has 4 aliphatic rings. The number of aromatic nitrogens is 1. The van der Waals surface area contributed by atoms with Crippen LogP contribution in [0.4, 0.5) is 4.79 Å². The van der Waals surface area contributed by atoms with E-state index in [1.807, 2.05) is 13.1 Å². The molecule has 7 heteroatoms. The van der Waals surface area contributed by atoms with Gasteiger partial charge in [-0.2, -0.15) is 0 Å². The molecule has 1 aromatic carbocycles. The van der Waals surface area contributed by atoms with Gasteiger partial charge in [-0.05, 0) is 54.9 Å². The number of hydrogen-bond donors (Lipinski definition) is 4. The highest BCUT2D eigenvalue weighted by Crippen LogP contribution is 2.42. The molecular formula is C25H32N6O. The summed E-state index contributed by atoms with van der Waals surface area (Å²) >= 11 is 0. The number of rotatable bonds is 3. The smallest absolute Gasteiger partial charge is 0.317 e. The van der Waals surface area contributed by atoms with Gasteiger partial charge in [-0.25, -0.2) is 10.2 Å². The molecule has 168 valence electrons. The molecule has 4 fully saturated rings. The van der Waals surface area contributed by atoms with Crippen LogP contribution in [-0.2, 0) is 0 Å². The summed E-state index contributed by atoms with van der Waals surface area (Å²) < 4.78 is 0. The quantitative estimate of drug-likeness (QED) is 0.597. The fourth-order valence-electron chi connectivity index (χ4n) is 6.52. The highest BCUT2D eigenvalue weighted by molar-refractivity contribution is 5.76. The molecule has 3 saturated heterocycles. The molecule has 4 N–H and O–H groups in total. The van der Waals surface area contributed by atoms with Crippen LogP contribution in [0.5, 0.6) is 0 Å². The van der Waals surface area contributed by atoms with Crippen molar-refractivity contribution in [1.82, 2.24) is 31.4 Å². The molecule has 7 atom stereocenters. The second-order valence-electron chi connectivity index (χ2n) is 9.95. The number of aryl methyl sites for hydroxylation is 1. The lowest BCUT2D eigenvalue weighted by molar-refractivity contribution is 0.0805. The van der Waals surface area contributed by atoms with Crippen LogP contribution < -0.4 is 21.5 Å². The van der Waals surface area contributed by atoms with Crippen LogP contribution in [0.25, 0.3) is 0 Å². The first-order chi connectivity index (χ1) is 15.7. The van der Waals surface area contributed by atoms with Crippen molar-refractivity contribution in [3.8, 4) is 0 Å². The van der Waals surface area contributed by atoms with Crippen LogP contribution in [0.2, 0.25) is 0 Å². The molecule has 7 nitrogen and oxygen atoms in total. The van der Waals surface area contributed by atoms with E-state index in [0.29, 0.717) is 29.8 Å². The zero-order chi connectivity index (χ0) is 21.7. The van der Waals surface area contributed by atoms with E-state index in [0.717, 1.165) is 38.2 Å². The molecule has 2 aromatic rings. The Kier molecular flexibility index (Phi) is 5.12. The first-order valence-corrected chi connectivity index (χ1v) is 11.9. The Balaban J connectivity index is 1.21. The van der Waals surface area contributed by atoms with Crippen LogP contribution in [-0.4, -0.2) is 53.7 Å². The van der Waals surface area contributed by atoms with Gasteiger partial charge >= 0.3 is 6.03 Å².